The van der Waals surface area contributed by atoms with E-state index in [9.17, 15) is 9.59 Å². The predicted molar refractivity (Wildman–Crippen MR) is 92.3 cm³/mol. The highest BCUT2D eigenvalue weighted by molar-refractivity contribution is 7.14. The first-order chi connectivity index (χ1) is 11.4. The monoisotopic (exact) mass is 347 g/mol. The number of piperidine rings is 1. The fourth-order valence-electron chi connectivity index (χ4n) is 3.10. The fourth-order valence-corrected chi connectivity index (χ4v) is 3.83. The number of hydrogen-bond acceptors (Lipinski definition) is 5. The highest BCUT2D eigenvalue weighted by Crippen LogP contribution is 2.25. The summed E-state index contributed by atoms with van der Waals surface area (Å²) in [4.78, 5) is 29.8. The summed E-state index contributed by atoms with van der Waals surface area (Å²) in [7, 11) is 0. The third-order valence-corrected chi connectivity index (χ3v) is 4.84. The maximum atomic E-state index is 12.7. The van der Waals surface area contributed by atoms with Crippen molar-refractivity contribution in [2.24, 2.45) is 0 Å². The van der Waals surface area contributed by atoms with Crippen LogP contribution < -0.4 is 5.32 Å². The summed E-state index contributed by atoms with van der Waals surface area (Å²) in [6.45, 7) is 6.80. The van der Waals surface area contributed by atoms with Crippen LogP contribution in [-0.2, 0) is 4.79 Å². The van der Waals surface area contributed by atoms with E-state index in [1.165, 1.54) is 18.3 Å². The number of hydrogen-bond donors (Lipinski definition) is 1. The van der Waals surface area contributed by atoms with E-state index in [2.05, 4.69) is 21.5 Å². The first-order valence-electron chi connectivity index (χ1n) is 7.99. The molecule has 128 valence electrons. The Morgan fingerprint density at radius 2 is 2.17 bits per heavy atom. The van der Waals surface area contributed by atoms with Crippen LogP contribution in [0.5, 0.6) is 0 Å². The fraction of sp³-hybridized carbons (Fsp3) is 0.500. The summed E-state index contributed by atoms with van der Waals surface area (Å²) in [6, 6.07) is 2.26. The van der Waals surface area contributed by atoms with E-state index in [0.29, 0.717) is 17.4 Å². The number of carbonyl (C=O) groups excluding carboxylic acids is 2. The number of rotatable bonds is 3. The van der Waals surface area contributed by atoms with E-state index in [1.807, 2.05) is 23.4 Å². The van der Waals surface area contributed by atoms with Crippen LogP contribution in [0.1, 0.15) is 47.7 Å². The first-order valence-corrected chi connectivity index (χ1v) is 8.87. The quantitative estimate of drug-likeness (QED) is 0.924. The molecule has 1 aliphatic rings. The van der Waals surface area contributed by atoms with Gasteiger partial charge in [-0.05, 0) is 32.8 Å². The van der Waals surface area contributed by atoms with Gasteiger partial charge in [-0.15, -0.1) is 11.3 Å². The van der Waals surface area contributed by atoms with Crippen molar-refractivity contribution in [1.29, 1.82) is 0 Å². The average molecular weight is 347 g/mol. The minimum Gasteiger partial charge on any atom is -0.335 e. The third-order valence-electron chi connectivity index (χ3n) is 4.08. The molecule has 24 heavy (non-hydrogen) atoms. The molecule has 0 unspecified atom stereocenters. The van der Waals surface area contributed by atoms with Gasteiger partial charge in [-0.25, -0.2) is 4.98 Å². The smallest absolute Gasteiger partial charge is 0.273 e. The molecule has 0 saturated carbocycles. The Labute approximate surface area is 144 Å². The summed E-state index contributed by atoms with van der Waals surface area (Å²) in [5, 5.41) is 9.32. The Bertz CT molecular complexity index is 766. The van der Waals surface area contributed by atoms with E-state index in [-0.39, 0.29) is 17.9 Å². The van der Waals surface area contributed by atoms with Crippen molar-refractivity contribution in [2.45, 2.75) is 39.7 Å². The molecule has 8 heteroatoms. The number of likely N-dealkylation sites (tertiary alicyclic amines) is 1. The SMILES string of the molecule is CC(=O)Nc1nc(C(=O)N2CCC[C@@H](n3nc(C)cc3C)C2)cs1. The standard InChI is InChI=1S/C16H21N5O2S/c1-10-7-11(2)21(19-10)13-5-4-6-20(8-13)15(23)14-9-24-16(18-14)17-12(3)22/h7,9,13H,4-6,8H2,1-3H3,(H,17,18,22)/t13-/m1/s1. The topological polar surface area (TPSA) is 80.1 Å². The van der Waals surface area contributed by atoms with Crippen LogP contribution >= 0.6 is 11.3 Å². The van der Waals surface area contributed by atoms with E-state index in [1.54, 1.807) is 5.38 Å². The van der Waals surface area contributed by atoms with Crippen LogP contribution in [0, 0.1) is 13.8 Å². The molecule has 1 atom stereocenters. The number of amides is 2. The summed E-state index contributed by atoms with van der Waals surface area (Å²) < 4.78 is 2.03. The number of aryl methyl sites for hydroxylation is 2. The Morgan fingerprint density at radius 3 is 2.83 bits per heavy atom. The van der Waals surface area contributed by atoms with Crippen molar-refractivity contribution < 1.29 is 9.59 Å². The molecule has 0 spiro atoms. The molecule has 1 fully saturated rings. The molecule has 0 aliphatic carbocycles. The Kier molecular flexibility index (Phi) is 4.66. The molecule has 0 aromatic carbocycles. The predicted octanol–water partition coefficient (Wildman–Crippen LogP) is 2.39. The summed E-state index contributed by atoms with van der Waals surface area (Å²) in [5.41, 5.74) is 2.50. The maximum Gasteiger partial charge on any atom is 0.273 e. The maximum absolute atomic E-state index is 12.7. The van der Waals surface area contributed by atoms with Gasteiger partial charge < -0.3 is 10.2 Å². The molecule has 3 heterocycles. The van der Waals surface area contributed by atoms with E-state index in [4.69, 9.17) is 0 Å². The van der Waals surface area contributed by atoms with Gasteiger partial charge in [0.2, 0.25) is 5.91 Å². The summed E-state index contributed by atoms with van der Waals surface area (Å²) >= 11 is 1.27. The van der Waals surface area contributed by atoms with Crippen LogP contribution in [0.25, 0.3) is 0 Å². The van der Waals surface area contributed by atoms with Gasteiger partial charge >= 0.3 is 0 Å². The lowest BCUT2D eigenvalue weighted by atomic mass is 10.1. The lowest BCUT2D eigenvalue weighted by molar-refractivity contribution is -0.114. The van der Waals surface area contributed by atoms with Gasteiger partial charge in [0.05, 0.1) is 11.7 Å². The van der Waals surface area contributed by atoms with Crippen molar-refractivity contribution in [1.82, 2.24) is 19.7 Å². The molecular weight excluding hydrogens is 326 g/mol. The van der Waals surface area contributed by atoms with Crippen LogP contribution in [0.2, 0.25) is 0 Å². The highest BCUT2D eigenvalue weighted by Gasteiger charge is 2.28. The van der Waals surface area contributed by atoms with E-state index < -0.39 is 0 Å². The zero-order chi connectivity index (χ0) is 17.3. The first kappa shape index (κ1) is 16.6. The van der Waals surface area contributed by atoms with Gasteiger partial charge in [0.25, 0.3) is 5.91 Å². The number of aromatic nitrogens is 3. The normalized spacial score (nSPS) is 17.8. The molecule has 0 bridgehead atoms. The second-order valence-corrected chi connectivity index (χ2v) is 7.00. The lowest BCUT2D eigenvalue weighted by Gasteiger charge is -2.33. The second-order valence-electron chi connectivity index (χ2n) is 6.14. The largest absolute Gasteiger partial charge is 0.335 e. The molecule has 1 aliphatic heterocycles. The molecular formula is C16H21N5O2S. The van der Waals surface area contributed by atoms with Crippen LogP contribution in [0.3, 0.4) is 0 Å². The Balaban J connectivity index is 1.72. The minimum atomic E-state index is -0.189. The van der Waals surface area contributed by atoms with Crippen molar-refractivity contribution in [2.75, 3.05) is 18.4 Å². The van der Waals surface area contributed by atoms with Crippen LogP contribution in [-0.4, -0.2) is 44.6 Å². The van der Waals surface area contributed by atoms with Gasteiger partial charge in [-0.3, -0.25) is 14.3 Å². The zero-order valence-electron chi connectivity index (χ0n) is 14.1. The van der Waals surface area contributed by atoms with Crippen molar-refractivity contribution >= 4 is 28.3 Å². The van der Waals surface area contributed by atoms with Crippen molar-refractivity contribution in [3.8, 4) is 0 Å². The number of nitrogens with one attached hydrogen (secondary N) is 1. The molecule has 2 aromatic heterocycles. The van der Waals surface area contributed by atoms with Crippen molar-refractivity contribution in [3.63, 3.8) is 0 Å². The zero-order valence-corrected chi connectivity index (χ0v) is 14.9. The number of carbonyl (C=O) groups is 2. The molecule has 2 amide bonds. The van der Waals surface area contributed by atoms with Gasteiger partial charge in [-0.1, -0.05) is 0 Å². The van der Waals surface area contributed by atoms with Crippen molar-refractivity contribution in [3.05, 3.63) is 28.5 Å². The van der Waals surface area contributed by atoms with Gasteiger partial charge in [0, 0.05) is 31.1 Å². The third kappa shape index (κ3) is 3.48. The highest BCUT2D eigenvalue weighted by atomic mass is 32.1. The van der Waals surface area contributed by atoms with E-state index >= 15 is 0 Å². The molecule has 3 rings (SSSR count). The number of nitrogens with zero attached hydrogens (tertiary/aromatic N) is 4. The van der Waals surface area contributed by atoms with Gasteiger partial charge in [0.1, 0.15) is 5.69 Å². The molecule has 1 saturated heterocycles. The lowest BCUT2D eigenvalue weighted by Crippen LogP contribution is -2.41. The summed E-state index contributed by atoms with van der Waals surface area (Å²) in [5.74, 6) is -0.278. The number of anilines is 1. The minimum absolute atomic E-state index is 0.0888. The number of thiazole rings is 1. The average Bonchev–Trinajstić information content (AvgIpc) is 3.12. The molecule has 1 N–H and O–H groups in total. The summed E-state index contributed by atoms with van der Waals surface area (Å²) in [6.07, 6.45) is 1.96. The van der Waals surface area contributed by atoms with Crippen LogP contribution in [0.15, 0.2) is 11.4 Å². The Morgan fingerprint density at radius 1 is 1.38 bits per heavy atom. The Hall–Kier alpha value is -2.22. The van der Waals surface area contributed by atoms with Crippen LogP contribution in [0.4, 0.5) is 5.13 Å². The van der Waals surface area contributed by atoms with Gasteiger partial charge in [0.15, 0.2) is 5.13 Å². The molecule has 0 radical (unpaired) electrons. The van der Waals surface area contributed by atoms with E-state index in [0.717, 1.165) is 30.8 Å². The van der Waals surface area contributed by atoms with Gasteiger partial charge in [-0.2, -0.15) is 5.10 Å². The molecule has 2 aromatic rings. The second kappa shape index (κ2) is 6.72. The molecule has 7 nitrogen and oxygen atoms in total.